The summed E-state index contributed by atoms with van der Waals surface area (Å²) in [7, 11) is 1.87. The van der Waals surface area contributed by atoms with Crippen LogP contribution in [0.4, 0.5) is 5.69 Å². The molecule has 1 aliphatic heterocycles. The summed E-state index contributed by atoms with van der Waals surface area (Å²) in [4.78, 5) is 30.2. The van der Waals surface area contributed by atoms with Crippen molar-refractivity contribution in [3.8, 4) is 0 Å². The number of carbonyl (C=O) groups excluding carboxylic acids is 2. The number of rotatable bonds is 14. The Labute approximate surface area is 268 Å². The predicted molar refractivity (Wildman–Crippen MR) is 183 cm³/mol. The minimum Gasteiger partial charge on any atom is -0.365 e. The molecule has 1 saturated heterocycles. The average molecular weight is 603 g/mol. The number of amides is 2. The zero-order valence-electron chi connectivity index (χ0n) is 26.4. The van der Waals surface area contributed by atoms with Crippen LogP contribution >= 0.6 is 0 Å². The number of hydrogen-bond donors (Lipinski definition) is 2. The Bertz CT molecular complexity index is 1420. The van der Waals surface area contributed by atoms with Crippen molar-refractivity contribution in [2.75, 3.05) is 51.2 Å². The first kappa shape index (κ1) is 32.0. The van der Waals surface area contributed by atoms with Crippen molar-refractivity contribution in [1.82, 2.24) is 15.5 Å². The number of anilines is 1. The third-order valence-corrected chi connectivity index (χ3v) is 9.20. The fourth-order valence-corrected chi connectivity index (χ4v) is 6.62. The Morgan fingerprint density at radius 3 is 1.84 bits per heavy atom. The number of nitrogens with zero attached hydrogens (tertiary/aromatic N) is 2. The van der Waals surface area contributed by atoms with Crippen LogP contribution in [-0.4, -0.2) is 63.0 Å². The van der Waals surface area contributed by atoms with Crippen LogP contribution in [0.2, 0.25) is 0 Å². The summed E-state index contributed by atoms with van der Waals surface area (Å²) in [5.41, 5.74) is 4.39. The lowest BCUT2D eigenvalue weighted by Gasteiger charge is -2.37. The van der Waals surface area contributed by atoms with Gasteiger partial charge in [0.05, 0.1) is 13.1 Å². The van der Waals surface area contributed by atoms with E-state index in [-0.39, 0.29) is 24.9 Å². The van der Waals surface area contributed by atoms with E-state index >= 15 is 0 Å². The summed E-state index contributed by atoms with van der Waals surface area (Å²) >= 11 is 0. The van der Waals surface area contributed by atoms with Crippen LogP contribution in [0.5, 0.6) is 0 Å². The summed E-state index contributed by atoms with van der Waals surface area (Å²) in [6, 6.07) is 41.7. The number of carbonyl (C=O) groups is 2. The topological polar surface area (TPSA) is 64.7 Å². The number of hydrogen-bond acceptors (Lipinski definition) is 4. The lowest BCUT2D eigenvalue weighted by molar-refractivity contribution is -0.125. The maximum absolute atomic E-state index is 13.1. The molecule has 2 amide bonds. The van der Waals surface area contributed by atoms with E-state index in [1.807, 2.05) is 54.4 Å². The highest BCUT2D eigenvalue weighted by molar-refractivity contribution is 5.87. The molecule has 0 atom stereocenters. The van der Waals surface area contributed by atoms with E-state index in [2.05, 4.69) is 94.4 Å². The second-order valence-electron chi connectivity index (χ2n) is 12.2. The van der Waals surface area contributed by atoms with Crippen molar-refractivity contribution in [1.29, 1.82) is 0 Å². The molecule has 1 heterocycles. The lowest BCUT2D eigenvalue weighted by atomic mass is 9.71. The van der Waals surface area contributed by atoms with Crippen molar-refractivity contribution in [3.05, 3.63) is 138 Å². The molecule has 1 aliphatic rings. The van der Waals surface area contributed by atoms with Gasteiger partial charge < -0.3 is 20.4 Å². The van der Waals surface area contributed by atoms with Crippen molar-refractivity contribution < 1.29 is 9.59 Å². The highest BCUT2D eigenvalue weighted by Gasteiger charge is 2.34. The van der Waals surface area contributed by atoms with Crippen LogP contribution in [0.15, 0.2) is 121 Å². The van der Waals surface area contributed by atoms with Gasteiger partial charge in [0.15, 0.2) is 0 Å². The molecular formula is C39H46N4O2. The maximum Gasteiger partial charge on any atom is 0.239 e. The van der Waals surface area contributed by atoms with Crippen LogP contribution in [0, 0.1) is 0 Å². The zero-order chi connectivity index (χ0) is 31.3. The molecule has 0 aliphatic carbocycles. The van der Waals surface area contributed by atoms with Gasteiger partial charge in [-0.15, -0.1) is 0 Å². The van der Waals surface area contributed by atoms with E-state index in [4.69, 9.17) is 0 Å². The van der Waals surface area contributed by atoms with Gasteiger partial charge in [0.1, 0.15) is 0 Å². The molecule has 0 radical (unpaired) electrons. The van der Waals surface area contributed by atoms with E-state index in [0.29, 0.717) is 12.5 Å². The van der Waals surface area contributed by atoms with Crippen LogP contribution in [0.3, 0.4) is 0 Å². The number of benzene rings is 4. The molecule has 6 heteroatoms. The third-order valence-electron chi connectivity index (χ3n) is 9.20. The normalized spacial score (nSPS) is 14.1. The Morgan fingerprint density at radius 2 is 1.27 bits per heavy atom. The van der Waals surface area contributed by atoms with Gasteiger partial charge in [-0.1, -0.05) is 109 Å². The molecule has 0 aromatic heterocycles. The third kappa shape index (κ3) is 8.83. The first-order chi connectivity index (χ1) is 22.0. The standard InChI is InChI=1S/C39H46N4O2/c1-42(36-21-12-5-13-22-36)30-38(45)40-29-37(44)41-31-39(34-17-8-3-9-18-34,35-19-10-4-11-20-35)25-14-26-43-27-23-33(24-28-43)32-15-6-2-7-16-32/h2-13,15-22,33H,14,23-31H2,1H3,(H,40,45)(H,41,44). The summed E-state index contributed by atoms with van der Waals surface area (Å²) in [5, 5.41) is 5.99. The van der Waals surface area contributed by atoms with Crippen molar-refractivity contribution >= 4 is 17.5 Å². The quantitative estimate of drug-likeness (QED) is 0.186. The molecule has 45 heavy (non-hydrogen) atoms. The minimum atomic E-state index is -0.391. The van der Waals surface area contributed by atoms with Gasteiger partial charge in [0.25, 0.3) is 0 Å². The Balaban J connectivity index is 1.21. The van der Waals surface area contributed by atoms with Crippen molar-refractivity contribution in [2.24, 2.45) is 0 Å². The zero-order valence-corrected chi connectivity index (χ0v) is 26.4. The lowest BCUT2D eigenvalue weighted by Crippen LogP contribution is -2.46. The van der Waals surface area contributed by atoms with Gasteiger partial charge in [-0.3, -0.25) is 9.59 Å². The molecular weight excluding hydrogens is 556 g/mol. The molecule has 5 rings (SSSR count). The van der Waals surface area contributed by atoms with E-state index in [1.54, 1.807) is 0 Å². The first-order valence-electron chi connectivity index (χ1n) is 16.2. The monoisotopic (exact) mass is 602 g/mol. The number of likely N-dealkylation sites (tertiary alicyclic amines) is 1. The fraction of sp³-hybridized carbons (Fsp3) is 0.333. The number of nitrogens with one attached hydrogen (secondary N) is 2. The van der Waals surface area contributed by atoms with Gasteiger partial charge in [-0.25, -0.2) is 0 Å². The van der Waals surface area contributed by atoms with Crippen LogP contribution in [0.25, 0.3) is 0 Å². The smallest absolute Gasteiger partial charge is 0.239 e. The first-order valence-corrected chi connectivity index (χ1v) is 16.2. The largest absolute Gasteiger partial charge is 0.365 e. The van der Waals surface area contributed by atoms with Crippen LogP contribution < -0.4 is 15.5 Å². The van der Waals surface area contributed by atoms with E-state index in [1.165, 1.54) is 29.5 Å². The van der Waals surface area contributed by atoms with E-state index < -0.39 is 5.41 Å². The highest BCUT2D eigenvalue weighted by Crippen LogP contribution is 2.37. The second kappa shape index (κ2) is 16.1. The highest BCUT2D eigenvalue weighted by atomic mass is 16.2. The maximum atomic E-state index is 13.1. The number of para-hydroxylation sites is 1. The van der Waals surface area contributed by atoms with Crippen molar-refractivity contribution in [2.45, 2.75) is 37.0 Å². The van der Waals surface area contributed by atoms with Crippen molar-refractivity contribution in [3.63, 3.8) is 0 Å². The van der Waals surface area contributed by atoms with Gasteiger partial charge >= 0.3 is 0 Å². The Morgan fingerprint density at radius 1 is 0.733 bits per heavy atom. The average Bonchev–Trinajstić information content (AvgIpc) is 3.10. The van der Waals surface area contributed by atoms with Crippen LogP contribution in [0.1, 0.15) is 48.3 Å². The summed E-state index contributed by atoms with van der Waals surface area (Å²) in [6.45, 7) is 3.82. The molecule has 0 bridgehead atoms. The Kier molecular flexibility index (Phi) is 11.4. The summed E-state index contributed by atoms with van der Waals surface area (Å²) < 4.78 is 0. The number of likely N-dealkylation sites (N-methyl/N-ethyl adjacent to an activating group) is 1. The molecule has 1 fully saturated rings. The molecule has 4 aromatic carbocycles. The molecule has 234 valence electrons. The van der Waals surface area contributed by atoms with Crippen LogP contribution in [-0.2, 0) is 15.0 Å². The molecule has 2 N–H and O–H groups in total. The van der Waals surface area contributed by atoms with E-state index in [9.17, 15) is 9.59 Å². The van der Waals surface area contributed by atoms with Gasteiger partial charge in [-0.2, -0.15) is 0 Å². The fourth-order valence-electron chi connectivity index (χ4n) is 6.62. The second-order valence-corrected chi connectivity index (χ2v) is 12.2. The van der Waals surface area contributed by atoms with E-state index in [0.717, 1.165) is 38.2 Å². The molecule has 0 unspecified atom stereocenters. The molecule has 6 nitrogen and oxygen atoms in total. The molecule has 0 saturated carbocycles. The van der Waals surface area contributed by atoms with Gasteiger partial charge in [0, 0.05) is 24.7 Å². The minimum absolute atomic E-state index is 0.0581. The Hall–Kier alpha value is -4.42. The number of piperidine rings is 1. The molecule has 4 aromatic rings. The molecule has 0 spiro atoms. The summed E-state index contributed by atoms with van der Waals surface area (Å²) in [6.07, 6.45) is 4.29. The predicted octanol–water partition coefficient (Wildman–Crippen LogP) is 6.00. The summed E-state index contributed by atoms with van der Waals surface area (Å²) in [5.74, 6) is 0.263. The van der Waals surface area contributed by atoms with Gasteiger partial charge in [-0.05, 0) is 80.1 Å². The van der Waals surface area contributed by atoms with Gasteiger partial charge in [0.2, 0.25) is 11.8 Å². The SMILES string of the molecule is CN(CC(=O)NCC(=O)NCC(CCCN1CCC(c2ccccc2)CC1)(c1ccccc1)c1ccccc1)c1ccccc1.